The predicted octanol–water partition coefficient (Wildman–Crippen LogP) is 1.45. The van der Waals surface area contributed by atoms with Gasteiger partial charge in [0.05, 0.1) is 11.1 Å². The Morgan fingerprint density at radius 1 is 1.50 bits per heavy atom. The zero-order valence-electron chi connectivity index (χ0n) is 11.7. The van der Waals surface area contributed by atoms with Crippen molar-refractivity contribution in [1.29, 1.82) is 0 Å². The third-order valence-corrected chi connectivity index (χ3v) is 3.07. The molecule has 108 valence electrons. The highest BCUT2D eigenvalue weighted by atomic mass is 16.5. The molecule has 0 spiro atoms. The van der Waals surface area contributed by atoms with E-state index in [1.54, 1.807) is 18.5 Å². The Hall–Kier alpha value is -2.08. The number of aromatic nitrogens is 2. The fourth-order valence-corrected chi connectivity index (χ4v) is 1.94. The standard InChI is InChI=1S/C14H19N3O3/c1-14(2,19)3-4-17-7-10-5-12(15)11(8-20-9-18)6-13(10)16-17/h5-7,9,19H,3-4,8,15H2,1-2H3. The van der Waals surface area contributed by atoms with Gasteiger partial charge in [-0.2, -0.15) is 5.10 Å². The number of hydrogen-bond donors (Lipinski definition) is 2. The topological polar surface area (TPSA) is 90.4 Å². The van der Waals surface area contributed by atoms with E-state index in [-0.39, 0.29) is 6.61 Å². The van der Waals surface area contributed by atoms with E-state index in [1.807, 2.05) is 18.3 Å². The van der Waals surface area contributed by atoms with Crippen LogP contribution in [0.2, 0.25) is 0 Å². The quantitative estimate of drug-likeness (QED) is 0.616. The Morgan fingerprint density at radius 2 is 2.25 bits per heavy atom. The highest BCUT2D eigenvalue weighted by molar-refractivity contribution is 5.83. The maximum Gasteiger partial charge on any atom is 0.293 e. The molecule has 1 heterocycles. The van der Waals surface area contributed by atoms with E-state index in [1.165, 1.54) is 0 Å². The summed E-state index contributed by atoms with van der Waals surface area (Å²) in [5.41, 5.74) is 7.28. The van der Waals surface area contributed by atoms with Gasteiger partial charge in [-0.25, -0.2) is 0 Å². The van der Waals surface area contributed by atoms with E-state index in [9.17, 15) is 9.90 Å². The minimum absolute atomic E-state index is 0.141. The second-order valence-electron chi connectivity index (χ2n) is 5.47. The van der Waals surface area contributed by atoms with Crippen LogP contribution in [0, 0.1) is 0 Å². The molecular formula is C14H19N3O3. The Labute approximate surface area is 117 Å². The van der Waals surface area contributed by atoms with Crippen LogP contribution in [0.3, 0.4) is 0 Å². The van der Waals surface area contributed by atoms with Gasteiger partial charge in [0.2, 0.25) is 0 Å². The molecule has 1 aromatic heterocycles. The molecule has 6 nitrogen and oxygen atoms in total. The van der Waals surface area contributed by atoms with Crippen LogP contribution in [0.4, 0.5) is 5.69 Å². The van der Waals surface area contributed by atoms with E-state index in [4.69, 9.17) is 10.5 Å². The number of rotatable bonds is 6. The highest BCUT2D eigenvalue weighted by Crippen LogP contribution is 2.22. The number of carbonyl (C=O) groups excluding carboxylic acids is 1. The second-order valence-corrected chi connectivity index (χ2v) is 5.47. The molecule has 3 N–H and O–H groups in total. The van der Waals surface area contributed by atoms with Crippen molar-refractivity contribution >= 4 is 23.1 Å². The lowest BCUT2D eigenvalue weighted by Crippen LogP contribution is -2.21. The monoisotopic (exact) mass is 277 g/mol. The first-order valence-corrected chi connectivity index (χ1v) is 6.42. The number of ether oxygens (including phenoxy) is 1. The molecule has 0 aliphatic heterocycles. The average molecular weight is 277 g/mol. The second kappa shape index (κ2) is 5.50. The molecular weight excluding hydrogens is 258 g/mol. The highest BCUT2D eigenvalue weighted by Gasteiger charge is 2.13. The molecule has 2 aromatic rings. The number of nitrogens with zero attached hydrogens (tertiary/aromatic N) is 2. The molecule has 0 radical (unpaired) electrons. The van der Waals surface area contributed by atoms with Crippen molar-refractivity contribution < 1.29 is 14.6 Å². The van der Waals surface area contributed by atoms with Crippen LogP contribution in [0.1, 0.15) is 25.8 Å². The molecule has 0 unspecified atom stereocenters. The van der Waals surface area contributed by atoms with Crippen LogP contribution in [0.25, 0.3) is 10.9 Å². The van der Waals surface area contributed by atoms with Gasteiger partial charge >= 0.3 is 0 Å². The van der Waals surface area contributed by atoms with Gasteiger partial charge in [0.15, 0.2) is 0 Å². The van der Waals surface area contributed by atoms with Gasteiger partial charge < -0.3 is 15.6 Å². The van der Waals surface area contributed by atoms with E-state index in [0.29, 0.717) is 25.1 Å². The summed E-state index contributed by atoms with van der Waals surface area (Å²) in [6, 6.07) is 3.63. The minimum atomic E-state index is -0.722. The molecule has 0 fully saturated rings. The minimum Gasteiger partial charge on any atom is -0.463 e. The Kier molecular flexibility index (Phi) is 3.94. The van der Waals surface area contributed by atoms with Crippen molar-refractivity contribution in [2.45, 2.75) is 39.0 Å². The zero-order valence-corrected chi connectivity index (χ0v) is 11.7. The first kappa shape index (κ1) is 14.3. The molecule has 0 aliphatic rings. The van der Waals surface area contributed by atoms with Crippen molar-refractivity contribution in [3.05, 3.63) is 23.9 Å². The summed E-state index contributed by atoms with van der Waals surface area (Å²) in [4.78, 5) is 10.2. The van der Waals surface area contributed by atoms with Crippen molar-refractivity contribution in [3.8, 4) is 0 Å². The maximum atomic E-state index is 10.2. The van der Waals surface area contributed by atoms with Crippen molar-refractivity contribution in [3.63, 3.8) is 0 Å². The molecule has 0 amide bonds. The molecule has 0 atom stereocenters. The largest absolute Gasteiger partial charge is 0.463 e. The summed E-state index contributed by atoms with van der Waals surface area (Å²) in [7, 11) is 0. The number of aliphatic hydroxyl groups is 1. The van der Waals surface area contributed by atoms with Crippen LogP contribution >= 0.6 is 0 Å². The lowest BCUT2D eigenvalue weighted by atomic mass is 10.1. The van der Waals surface area contributed by atoms with E-state index in [2.05, 4.69) is 5.10 Å². The van der Waals surface area contributed by atoms with Crippen LogP contribution in [0.5, 0.6) is 0 Å². The molecule has 6 heteroatoms. The normalized spacial score (nSPS) is 11.8. The molecule has 0 aliphatic carbocycles. The summed E-state index contributed by atoms with van der Waals surface area (Å²) in [6.07, 6.45) is 2.50. The van der Waals surface area contributed by atoms with Crippen molar-refractivity contribution in [2.75, 3.05) is 5.73 Å². The van der Waals surface area contributed by atoms with Gasteiger partial charge in [-0.05, 0) is 32.4 Å². The lowest BCUT2D eigenvalue weighted by Gasteiger charge is -2.16. The number of benzene rings is 1. The Morgan fingerprint density at radius 3 is 2.90 bits per heavy atom. The van der Waals surface area contributed by atoms with Crippen LogP contribution in [0.15, 0.2) is 18.3 Å². The number of aryl methyl sites for hydroxylation is 1. The molecule has 0 bridgehead atoms. The van der Waals surface area contributed by atoms with Crippen molar-refractivity contribution in [2.24, 2.45) is 0 Å². The van der Waals surface area contributed by atoms with E-state index >= 15 is 0 Å². The fourth-order valence-electron chi connectivity index (χ4n) is 1.94. The van der Waals surface area contributed by atoms with Gasteiger partial charge in [0.1, 0.15) is 6.61 Å². The van der Waals surface area contributed by atoms with E-state index in [0.717, 1.165) is 16.5 Å². The summed E-state index contributed by atoms with van der Waals surface area (Å²) >= 11 is 0. The molecule has 1 aromatic carbocycles. The molecule has 20 heavy (non-hydrogen) atoms. The summed E-state index contributed by atoms with van der Waals surface area (Å²) in [5.74, 6) is 0. The summed E-state index contributed by atoms with van der Waals surface area (Å²) < 4.78 is 6.50. The first-order chi connectivity index (χ1) is 9.39. The molecule has 2 rings (SSSR count). The van der Waals surface area contributed by atoms with Gasteiger partial charge in [-0.3, -0.25) is 9.48 Å². The van der Waals surface area contributed by atoms with Gasteiger partial charge in [-0.15, -0.1) is 0 Å². The molecule has 0 saturated heterocycles. The van der Waals surface area contributed by atoms with E-state index < -0.39 is 5.60 Å². The SMILES string of the molecule is CC(C)(O)CCn1cc2cc(N)c(COC=O)cc2n1. The smallest absolute Gasteiger partial charge is 0.293 e. The Balaban J connectivity index is 2.22. The van der Waals surface area contributed by atoms with Crippen molar-refractivity contribution in [1.82, 2.24) is 9.78 Å². The predicted molar refractivity (Wildman–Crippen MR) is 75.9 cm³/mol. The van der Waals surface area contributed by atoms with Gasteiger partial charge in [0, 0.05) is 29.4 Å². The number of nitrogen functional groups attached to an aromatic ring is 1. The van der Waals surface area contributed by atoms with Crippen LogP contribution in [-0.4, -0.2) is 27.0 Å². The fraction of sp³-hybridized carbons (Fsp3) is 0.429. The lowest BCUT2D eigenvalue weighted by molar-refractivity contribution is -0.129. The number of hydrogen-bond acceptors (Lipinski definition) is 5. The maximum absolute atomic E-state index is 10.2. The first-order valence-electron chi connectivity index (χ1n) is 6.42. The number of fused-ring (bicyclic) bond motifs is 1. The van der Waals surface area contributed by atoms with Crippen LogP contribution in [-0.2, 0) is 22.7 Å². The third kappa shape index (κ3) is 3.48. The number of anilines is 1. The number of carbonyl (C=O) groups is 1. The third-order valence-electron chi connectivity index (χ3n) is 3.07. The van der Waals surface area contributed by atoms with Crippen LogP contribution < -0.4 is 5.73 Å². The summed E-state index contributed by atoms with van der Waals surface area (Å²) in [5, 5.41) is 15.1. The average Bonchev–Trinajstić information content (AvgIpc) is 2.74. The number of nitrogens with two attached hydrogens (primary N) is 1. The van der Waals surface area contributed by atoms with Gasteiger partial charge in [0.25, 0.3) is 6.47 Å². The zero-order chi connectivity index (χ0) is 14.8. The van der Waals surface area contributed by atoms with Gasteiger partial charge in [-0.1, -0.05) is 0 Å². The Bertz CT molecular complexity index is 614. The molecule has 0 saturated carbocycles. The summed E-state index contributed by atoms with van der Waals surface area (Å²) in [6.45, 7) is 4.69.